The van der Waals surface area contributed by atoms with E-state index in [1.54, 1.807) is 12.3 Å². The van der Waals surface area contributed by atoms with Gasteiger partial charge in [0.25, 0.3) is 0 Å². The molecule has 0 amide bonds. The van der Waals surface area contributed by atoms with Gasteiger partial charge in [-0.05, 0) is 25.1 Å². The monoisotopic (exact) mass is 414 g/mol. The van der Waals surface area contributed by atoms with E-state index in [1.165, 1.54) is 6.07 Å². The molecule has 0 radical (unpaired) electrons. The van der Waals surface area contributed by atoms with Crippen molar-refractivity contribution in [3.8, 4) is 0 Å². The summed E-state index contributed by atoms with van der Waals surface area (Å²) < 4.78 is 0. The molecule has 0 aliphatic carbocycles. The Labute approximate surface area is 176 Å². The molecule has 4 heterocycles. The van der Waals surface area contributed by atoms with E-state index >= 15 is 0 Å². The first-order valence-corrected chi connectivity index (χ1v) is 10.4. The van der Waals surface area contributed by atoms with Crippen LogP contribution < -0.4 is 25.8 Å². The van der Waals surface area contributed by atoms with Crippen LogP contribution >= 0.6 is 0 Å². The quantitative estimate of drug-likeness (QED) is 0.493. The van der Waals surface area contributed by atoms with E-state index < -0.39 is 0 Å². The van der Waals surface area contributed by atoms with Crippen LogP contribution in [0.15, 0.2) is 36.7 Å². The number of nitrogens with zero attached hydrogens (tertiary/aromatic N) is 5. The summed E-state index contributed by atoms with van der Waals surface area (Å²) in [4.78, 5) is 23.2. The lowest BCUT2D eigenvalue weighted by Gasteiger charge is -2.29. The van der Waals surface area contributed by atoms with Gasteiger partial charge in [0.2, 0.25) is 5.82 Å². The van der Waals surface area contributed by atoms with E-state index in [1.807, 2.05) is 17.2 Å². The van der Waals surface area contributed by atoms with Crippen LogP contribution in [0.4, 0.5) is 23.0 Å². The first kappa shape index (κ1) is 21.7. The Morgan fingerprint density at radius 1 is 0.967 bits per heavy atom. The van der Waals surface area contributed by atoms with Gasteiger partial charge in [0.1, 0.15) is 0 Å². The molecule has 162 valence electrons. The van der Waals surface area contributed by atoms with Gasteiger partial charge in [-0.15, -0.1) is 0 Å². The molecule has 0 saturated carbocycles. The fourth-order valence-corrected chi connectivity index (χ4v) is 3.51. The first-order chi connectivity index (χ1) is 14.7. The van der Waals surface area contributed by atoms with Crippen LogP contribution in [0, 0.1) is 10.1 Å². The predicted molar refractivity (Wildman–Crippen MR) is 119 cm³/mol. The minimum absolute atomic E-state index is 0.0828. The summed E-state index contributed by atoms with van der Waals surface area (Å²) in [7, 11) is 0. The van der Waals surface area contributed by atoms with Gasteiger partial charge in [0.15, 0.2) is 5.82 Å². The van der Waals surface area contributed by atoms with Crippen LogP contribution in [-0.2, 0) is 0 Å². The molecule has 2 fully saturated rings. The smallest absolute Gasteiger partial charge is 0.311 e. The van der Waals surface area contributed by atoms with E-state index in [-0.39, 0.29) is 10.6 Å². The maximum atomic E-state index is 10.8. The topological polar surface area (TPSA) is 111 Å². The van der Waals surface area contributed by atoms with Crippen molar-refractivity contribution in [1.29, 1.82) is 0 Å². The van der Waals surface area contributed by atoms with Gasteiger partial charge in [0, 0.05) is 77.4 Å². The van der Waals surface area contributed by atoms with E-state index in [2.05, 4.69) is 43.8 Å². The Kier molecular flexibility index (Phi) is 8.16. The number of nitrogens with one attached hydrogen (secondary N) is 3. The molecule has 4 rings (SSSR count). The number of piperazine rings is 2. The Morgan fingerprint density at radius 2 is 1.50 bits per heavy atom. The molecule has 0 unspecified atom stereocenters. The minimum Gasteiger partial charge on any atom is -0.382 e. The number of rotatable bonds is 5. The highest BCUT2D eigenvalue weighted by Gasteiger charge is 2.21. The summed E-state index contributed by atoms with van der Waals surface area (Å²) in [5.41, 5.74) is 1.22. The predicted octanol–water partition coefficient (Wildman–Crippen LogP) is 1.32. The fourth-order valence-electron chi connectivity index (χ4n) is 3.51. The summed E-state index contributed by atoms with van der Waals surface area (Å²) in [6, 6.07) is 7.14. The van der Waals surface area contributed by atoms with Crippen molar-refractivity contribution in [2.24, 2.45) is 0 Å². The van der Waals surface area contributed by atoms with Gasteiger partial charge in [-0.3, -0.25) is 10.1 Å². The van der Waals surface area contributed by atoms with Crippen molar-refractivity contribution < 1.29 is 4.92 Å². The van der Waals surface area contributed by atoms with E-state index in [0.29, 0.717) is 5.82 Å². The molecule has 0 atom stereocenters. The molecule has 30 heavy (non-hydrogen) atoms. The largest absolute Gasteiger partial charge is 0.382 e. The number of anilines is 3. The maximum absolute atomic E-state index is 10.8. The first-order valence-electron chi connectivity index (χ1n) is 10.4. The van der Waals surface area contributed by atoms with Gasteiger partial charge in [-0.2, -0.15) is 0 Å². The zero-order valence-corrected chi connectivity index (χ0v) is 17.4. The third-order valence-corrected chi connectivity index (χ3v) is 4.95. The minimum atomic E-state index is -0.385. The molecule has 10 heteroatoms. The Hall–Kier alpha value is -2.98. The second-order valence-electron chi connectivity index (χ2n) is 6.98. The molecule has 2 aromatic rings. The highest BCUT2D eigenvalue weighted by molar-refractivity contribution is 5.65. The normalized spacial score (nSPS) is 16.4. The Bertz CT molecular complexity index is 807. The SMILES string of the molecule is CCNc1cccnc1N1CCNCC1.O=[N+]([O-])c1cccnc1N1CCNCC1. The van der Waals surface area contributed by atoms with Crippen LogP contribution in [0.5, 0.6) is 0 Å². The molecular weight excluding hydrogens is 384 g/mol. The highest BCUT2D eigenvalue weighted by atomic mass is 16.6. The van der Waals surface area contributed by atoms with Gasteiger partial charge in [-0.25, -0.2) is 9.97 Å². The van der Waals surface area contributed by atoms with Crippen LogP contribution in [0.3, 0.4) is 0 Å². The van der Waals surface area contributed by atoms with Gasteiger partial charge in [0.05, 0.1) is 10.6 Å². The van der Waals surface area contributed by atoms with Crippen LogP contribution in [-0.4, -0.2) is 73.8 Å². The van der Waals surface area contributed by atoms with Gasteiger partial charge >= 0.3 is 5.69 Å². The Balaban J connectivity index is 0.000000171. The zero-order valence-electron chi connectivity index (χ0n) is 17.4. The van der Waals surface area contributed by atoms with E-state index in [0.717, 1.165) is 70.4 Å². The lowest BCUT2D eigenvalue weighted by Crippen LogP contribution is -2.44. The summed E-state index contributed by atoms with van der Waals surface area (Å²) in [6.45, 7) is 10.4. The third kappa shape index (κ3) is 5.77. The van der Waals surface area contributed by atoms with Crippen molar-refractivity contribution in [2.45, 2.75) is 6.92 Å². The number of pyridine rings is 2. The molecular formula is C20H30N8O2. The average Bonchev–Trinajstić information content (AvgIpc) is 2.81. The lowest BCUT2D eigenvalue weighted by atomic mass is 10.3. The fraction of sp³-hybridized carbons (Fsp3) is 0.500. The van der Waals surface area contributed by atoms with Crippen molar-refractivity contribution in [3.05, 3.63) is 46.8 Å². The maximum Gasteiger partial charge on any atom is 0.311 e. The number of aromatic nitrogens is 2. The average molecular weight is 415 g/mol. The van der Waals surface area contributed by atoms with Crippen molar-refractivity contribution in [1.82, 2.24) is 20.6 Å². The standard InChI is InChI=1S/C11H18N4.C9H12N4O2/c1-2-13-10-4-3-5-14-11(10)15-8-6-12-7-9-15;14-13(15)8-2-1-3-11-9(8)12-6-4-10-5-7-12/h3-5,12-13H,2,6-9H2,1H3;1-3,10H,4-7H2. The van der Waals surface area contributed by atoms with Gasteiger partial charge in [-0.1, -0.05) is 0 Å². The molecule has 2 saturated heterocycles. The Morgan fingerprint density at radius 3 is 2.07 bits per heavy atom. The molecule has 3 N–H and O–H groups in total. The highest BCUT2D eigenvalue weighted by Crippen LogP contribution is 2.24. The molecule has 10 nitrogen and oxygen atoms in total. The van der Waals surface area contributed by atoms with E-state index in [9.17, 15) is 10.1 Å². The third-order valence-electron chi connectivity index (χ3n) is 4.95. The van der Waals surface area contributed by atoms with Crippen molar-refractivity contribution >= 4 is 23.0 Å². The lowest BCUT2D eigenvalue weighted by molar-refractivity contribution is -0.384. The zero-order chi connectivity index (χ0) is 21.2. The molecule has 2 aliphatic heterocycles. The molecule has 2 aromatic heterocycles. The van der Waals surface area contributed by atoms with Crippen LogP contribution in [0.1, 0.15) is 6.92 Å². The second-order valence-corrected chi connectivity index (χ2v) is 6.98. The summed E-state index contributed by atoms with van der Waals surface area (Å²) in [6.07, 6.45) is 3.45. The summed E-state index contributed by atoms with van der Waals surface area (Å²) in [5, 5.41) is 20.7. The molecule has 2 aliphatic rings. The van der Waals surface area contributed by atoms with E-state index in [4.69, 9.17) is 0 Å². The number of hydrogen-bond acceptors (Lipinski definition) is 9. The molecule has 0 bridgehead atoms. The molecule has 0 spiro atoms. The van der Waals surface area contributed by atoms with Crippen molar-refractivity contribution in [3.63, 3.8) is 0 Å². The van der Waals surface area contributed by atoms with Crippen molar-refractivity contribution in [2.75, 3.05) is 74.0 Å². The second kappa shape index (κ2) is 11.3. The molecule has 0 aromatic carbocycles. The van der Waals surface area contributed by atoms with Crippen LogP contribution in [0.25, 0.3) is 0 Å². The van der Waals surface area contributed by atoms with Gasteiger partial charge < -0.3 is 25.8 Å². The summed E-state index contributed by atoms with van der Waals surface area (Å²) >= 11 is 0. The summed E-state index contributed by atoms with van der Waals surface area (Å²) in [5.74, 6) is 1.56. The van der Waals surface area contributed by atoms with Crippen LogP contribution in [0.2, 0.25) is 0 Å². The number of nitro groups is 1. The number of hydrogen-bond donors (Lipinski definition) is 3.